The summed E-state index contributed by atoms with van der Waals surface area (Å²) < 4.78 is 0. The fraction of sp³-hybridized carbons (Fsp3) is 0.294. The van der Waals surface area contributed by atoms with E-state index in [9.17, 15) is 9.59 Å². The van der Waals surface area contributed by atoms with Crippen LogP contribution in [0.25, 0.3) is 6.08 Å². The number of nitrogens with zero attached hydrogens (tertiary/aromatic N) is 3. The van der Waals surface area contributed by atoms with Gasteiger partial charge in [-0.2, -0.15) is 10.1 Å². The Morgan fingerprint density at radius 2 is 1.96 bits per heavy atom. The van der Waals surface area contributed by atoms with Crippen molar-refractivity contribution in [3.8, 4) is 0 Å². The number of aromatic amines is 1. The molecule has 1 aliphatic rings. The number of carbonyl (C=O) groups is 2. The summed E-state index contributed by atoms with van der Waals surface area (Å²) in [7, 11) is 0. The third-order valence-corrected chi connectivity index (χ3v) is 4.05. The van der Waals surface area contributed by atoms with Crippen LogP contribution < -0.4 is 5.32 Å². The minimum absolute atomic E-state index is 0.0204. The number of benzene rings is 1. The van der Waals surface area contributed by atoms with Gasteiger partial charge in [0.1, 0.15) is 6.33 Å². The minimum atomic E-state index is -0.114. The van der Waals surface area contributed by atoms with Gasteiger partial charge in [-0.25, -0.2) is 5.10 Å². The van der Waals surface area contributed by atoms with E-state index in [2.05, 4.69) is 20.5 Å². The number of H-pyrrole nitrogens is 1. The number of likely N-dealkylation sites (tertiary alicyclic amines) is 1. The van der Waals surface area contributed by atoms with Crippen molar-refractivity contribution in [2.24, 2.45) is 5.92 Å². The number of carbonyl (C=O) groups excluding carboxylic acids is 2. The molecule has 124 valence electrons. The molecule has 2 heterocycles. The third-order valence-electron chi connectivity index (χ3n) is 4.05. The molecule has 7 nitrogen and oxygen atoms in total. The van der Waals surface area contributed by atoms with Crippen molar-refractivity contribution in [1.29, 1.82) is 0 Å². The maximum Gasteiger partial charge on any atom is 0.246 e. The highest BCUT2D eigenvalue weighted by Crippen LogP contribution is 2.19. The zero-order valence-corrected chi connectivity index (χ0v) is 13.2. The molecule has 1 saturated heterocycles. The van der Waals surface area contributed by atoms with Gasteiger partial charge in [-0.05, 0) is 24.5 Å². The van der Waals surface area contributed by atoms with E-state index in [1.807, 2.05) is 36.4 Å². The lowest BCUT2D eigenvalue weighted by atomic mass is 9.96. The van der Waals surface area contributed by atoms with Crippen LogP contribution in [-0.4, -0.2) is 45.0 Å². The predicted octanol–water partition coefficient (Wildman–Crippen LogP) is 1.70. The number of anilines is 1. The van der Waals surface area contributed by atoms with Crippen molar-refractivity contribution in [2.45, 2.75) is 12.8 Å². The fourth-order valence-corrected chi connectivity index (χ4v) is 2.68. The minimum Gasteiger partial charge on any atom is -0.339 e. The van der Waals surface area contributed by atoms with Crippen LogP contribution in [0, 0.1) is 5.92 Å². The standard InChI is InChI=1S/C17H19N5O2/c23-15(7-6-13-4-2-1-3-5-13)22-10-8-14(9-11-22)16(24)20-17-18-12-19-21-17/h1-7,12,14H,8-11H2,(H2,18,19,20,21,24). The molecular formula is C17H19N5O2. The summed E-state index contributed by atoms with van der Waals surface area (Å²) in [6, 6.07) is 9.70. The molecule has 0 spiro atoms. The molecule has 0 aliphatic carbocycles. The zero-order chi connectivity index (χ0) is 16.8. The van der Waals surface area contributed by atoms with Crippen molar-refractivity contribution in [3.63, 3.8) is 0 Å². The smallest absolute Gasteiger partial charge is 0.246 e. The molecule has 1 fully saturated rings. The fourth-order valence-electron chi connectivity index (χ4n) is 2.68. The van der Waals surface area contributed by atoms with Gasteiger partial charge in [0.15, 0.2) is 0 Å². The number of hydrogen-bond donors (Lipinski definition) is 2. The van der Waals surface area contributed by atoms with Gasteiger partial charge < -0.3 is 4.90 Å². The number of hydrogen-bond acceptors (Lipinski definition) is 4. The molecule has 24 heavy (non-hydrogen) atoms. The van der Waals surface area contributed by atoms with Gasteiger partial charge in [-0.1, -0.05) is 30.3 Å². The normalized spacial score (nSPS) is 15.6. The SMILES string of the molecule is O=C(Nc1ncn[nH]1)C1CCN(C(=O)C=Cc2ccccc2)CC1. The number of piperidine rings is 1. The quantitative estimate of drug-likeness (QED) is 0.837. The van der Waals surface area contributed by atoms with Crippen LogP contribution in [0.15, 0.2) is 42.7 Å². The summed E-state index contributed by atoms with van der Waals surface area (Å²) in [6.45, 7) is 1.15. The van der Waals surface area contributed by atoms with Gasteiger partial charge in [0, 0.05) is 25.1 Å². The number of amides is 2. The molecule has 0 bridgehead atoms. The first-order chi connectivity index (χ1) is 11.7. The molecular weight excluding hydrogens is 306 g/mol. The van der Waals surface area contributed by atoms with E-state index in [-0.39, 0.29) is 17.7 Å². The Morgan fingerprint density at radius 3 is 2.62 bits per heavy atom. The molecule has 2 amide bonds. The molecule has 0 radical (unpaired) electrons. The first kappa shape index (κ1) is 15.9. The van der Waals surface area contributed by atoms with Crippen LogP contribution >= 0.6 is 0 Å². The maximum atomic E-state index is 12.2. The Morgan fingerprint density at radius 1 is 1.21 bits per heavy atom. The van der Waals surface area contributed by atoms with Crippen LogP contribution in [0.1, 0.15) is 18.4 Å². The van der Waals surface area contributed by atoms with Gasteiger partial charge in [0.05, 0.1) is 0 Å². The highest BCUT2D eigenvalue weighted by atomic mass is 16.2. The summed E-state index contributed by atoms with van der Waals surface area (Å²) in [5.74, 6) is 0.133. The number of nitrogens with one attached hydrogen (secondary N) is 2. The summed E-state index contributed by atoms with van der Waals surface area (Å²) >= 11 is 0. The van der Waals surface area contributed by atoms with Crippen molar-refractivity contribution < 1.29 is 9.59 Å². The van der Waals surface area contributed by atoms with Crippen molar-refractivity contribution in [2.75, 3.05) is 18.4 Å². The Balaban J connectivity index is 1.48. The van der Waals surface area contributed by atoms with Crippen molar-refractivity contribution in [3.05, 3.63) is 48.3 Å². The molecule has 2 N–H and O–H groups in total. The van der Waals surface area contributed by atoms with Crippen LogP contribution in [0.2, 0.25) is 0 Å². The Hall–Kier alpha value is -2.96. The largest absolute Gasteiger partial charge is 0.339 e. The van der Waals surface area contributed by atoms with E-state index >= 15 is 0 Å². The second kappa shape index (κ2) is 7.54. The molecule has 0 saturated carbocycles. The van der Waals surface area contributed by atoms with E-state index in [4.69, 9.17) is 0 Å². The van der Waals surface area contributed by atoms with Gasteiger partial charge in [0.25, 0.3) is 0 Å². The molecule has 1 aliphatic heterocycles. The topological polar surface area (TPSA) is 91.0 Å². The van der Waals surface area contributed by atoms with Crippen LogP contribution in [0.3, 0.4) is 0 Å². The zero-order valence-electron chi connectivity index (χ0n) is 13.2. The van der Waals surface area contributed by atoms with E-state index < -0.39 is 0 Å². The third kappa shape index (κ3) is 4.07. The van der Waals surface area contributed by atoms with E-state index in [0.29, 0.717) is 31.9 Å². The lowest BCUT2D eigenvalue weighted by Gasteiger charge is -2.30. The van der Waals surface area contributed by atoms with Gasteiger partial charge in [-0.15, -0.1) is 0 Å². The summed E-state index contributed by atoms with van der Waals surface area (Å²) in [5.41, 5.74) is 0.993. The van der Waals surface area contributed by atoms with Crippen LogP contribution in [0.5, 0.6) is 0 Å². The second-order valence-corrected chi connectivity index (χ2v) is 5.67. The van der Waals surface area contributed by atoms with Gasteiger partial charge in [-0.3, -0.25) is 14.9 Å². The summed E-state index contributed by atoms with van der Waals surface area (Å²) in [6.07, 6.45) is 6.03. The highest BCUT2D eigenvalue weighted by molar-refractivity contribution is 5.93. The van der Waals surface area contributed by atoms with Crippen molar-refractivity contribution in [1.82, 2.24) is 20.1 Å². The van der Waals surface area contributed by atoms with Crippen LogP contribution in [-0.2, 0) is 9.59 Å². The number of aromatic nitrogens is 3. The molecule has 7 heteroatoms. The van der Waals surface area contributed by atoms with E-state index in [1.165, 1.54) is 6.33 Å². The number of rotatable bonds is 4. The Kier molecular flexibility index (Phi) is 5.00. The maximum absolute atomic E-state index is 12.2. The summed E-state index contributed by atoms with van der Waals surface area (Å²) in [4.78, 5) is 30.0. The molecule has 1 aromatic heterocycles. The Bertz CT molecular complexity index is 704. The van der Waals surface area contributed by atoms with Gasteiger partial charge in [0.2, 0.25) is 17.8 Å². The van der Waals surface area contributed by atoms with Gasteiger partial charge >= 0.3 is 0 Å². The Labute approximate surface area is 139 Å². The molecule has 0 atom stereocenters. The predicted molar refractivity (Wildman–Crippen MR) is 89.8 cm³/mol. The van der Waals surface area contributed by atoms with E-state index in [1.54, 1.807) is 11.0 Å². The van der Waals surface area contributed by atoms with Crippen LogP contribution in [0.4, 0.5) is 5.95 Å². The molecule has 3 rings (SSSR count). The summed E-state index contributed by atoms with van der Waals surface area (Å²) in [5, 5.41) is 8.99. The first-order valence-corrected chi connectivity index (χ1v) is 7.90. The average Bonchev–Trinajstić information content (AvgIpc) is 3.13. The lowest BCUT2D eigenvalue weighted by molar-refractivity contribution is -0.130. The molecule has 1 aromatic carbocycles. The lowest BCUT2D eigenvalue weighted by Crippen LogP contribution is -2.40. The molecule has 0 unspecified atom stereocenters. The first-order valence-electron chi connectivity index (χ1n) is 7.90. The molecule has 2 aromatic rings. The average molecular weight is 325 g/mol. The second-order valence-electron chi connectivity index (χ2n) is 5.67. The highest BCUT2D eigenvalue weighted by Gasteiger charge is 2.26. The van der Waals surface area contributed by atoms with E-state index in [0.717, 1.165) is 5.56 Å². The monoisotopic (exact) mass is 325 g/mol. The van der Waals surface area contributed by atoms with Crippen molar-refractivity contribution >= 4 is 23.8 Å².